The number of pyridine rings is 1. The number of aliphatic imine (C=N–C) groups is 1. The van der Waals surface area contributed by atoms with Crippen LogP contribution in [0, 0.1) is 5.92 Å². The number of aromatic nitrogens is 1. The van der Waals surface area contributed by atoms with Crippen molar-refractivity contribution in [2.45, 2.75) is 32.1 Å². The summed E-state index contributed by atoms with van der Waals surface area (Å²) < 4.78 is 91.7. The summed E-state index contributed by atoms with van der Waals surface area (Å²) in [6.07, 6.45) is -9.74. The molecule has 43 heavy (non-hydrogen) atoms. The Morgan fingerprint density at radius 1 is 0.860 bits per heavy atom. The van der Waals surface area contributed by atoms with Crippen molar-refractivity contribution in [3.05, 3.63) is 118 Å². The van der Waals surface area contributed by atoms with Crippen LogP contribution in [-0.2, 0) is 21.9 Å². The summed E-state index contributed by atoms with van der Waals surface area (Å²) in [5.41, 5.74) is -4.08. The molecule has 2 atom stereocenters. The molecular formula is C32H24F6N2O3. The van der Waals surface area contributed by atoms with Crippen LogP contribution < -0.4 is 5.56 Å². The number of fused-ring (bicyclic) bond motifs is 1. The Balaban J connectivity index is 1.94. The number of alkyl halides is 6. The fourth-order valence-corrected chi connectivity index (χ4v) is 5.53. The molecule has 2 heterocycles. The molecule has 0 fully saturated rings. The highest BCUT2D eigenvalue weighted by atomic mass is 19.4. The highest BCUT2D eigenvalue weighted by Crippen LogP contribution is 2.47. The van der Waals surface area contributed by atoms with Gasteiger partial charge in [0.2, 0.25) is 0 Å². The van der Waals surface area contributed by atoms with E-state index >= 15 is 0 Å². The topological polar surface area (TPSA) is 60.7 Å². The van der Waals surface area contributed by atoms with Gasteiger partial charge in [-0.3, -0.25) is 19.1 Å². The number of ether oxygens (including phenoxy) is 1. The minimum absolute atomic E-state index is 0.0371. The predicted octanol–water partition coefficient (Wildman–Crippen LogP) is 7.96. The van der Waals surface area contributed by atoms with Gasteiger partial charge in [0.05, 0.1) is 40.4 Å². The zero-order valence-corrected chi connectivity index (χ0v) is 22.8. The van der Waals surface area contributed by atoms with Gasteiger partial charge in [-0.25, -0.2) is 0 Å². The van der Waals surface area contributed by atoms with E-state index in [1.807, 2.05) is 0 Å². The van der Waals surface area contributed by atoms with E-state index in [1.54, 1.807) is 30.3 Å². The van der Waals surface area contributed by atoms with Gasteiger partial charge in [0.1, 0.15) is 5.92 Å². The third-order valence-electron chi connectivity index (χ3n) is 7.28. The maximum absolute atomic E-state index is 14.6. The van der Waals surface area contributed by atoms with Crippen molar-refractivity contribution in [3.8, 4) is 16.9 Å². The Hall–Kier alpha value is -4.67. The number of hydrogen-bond acceptors (Lipinski definition) is 4. The highest BCUT2D eigenvalue weighted by Gasteiger charge is 2.45. The van der Waals surface area contributed by atoms with E-state index < -0.39 is 58.1 Å². The minimum Gasteiger partial charge on any atom is -0.465 e. The number of rotatable bonds is 5. The van der Waals surface area contributed by atoms with Crippen LogP contribution in [0.25, 0.3) is 16.9 Å². The zero-order valence-electron chi connectivity index (χ0n) is 22.8. The maximum atomic E-state index is 14.6. The number of para-hydroxylation sites is 1. The molecule has 0 aliphatic carbocycles. The molecule has 0 saturated carbocycles. The molecule has 4 aromatic rings. The molecule has 3 aromatic carbocycles. The number of nitrogens with zero attached hydrogens (tertiary/aromatic N) is 2. The van der Waals surface area contributed by atoms with Gasteiger partial charge < -0.3 is 4.74 Å². The highest BCUT2D eigenvalue weighted by molar-refractivity contribution is 6.05. The Morgan fingerprint density at radius 3 is 2.07 bits per heavy atom. The summed E-state index contributed by atoms with van der Waals surface area (Å²) in [7, 11) is 0. The molecule has 1 aliphatic heterocycles. The molecule has 0 spiro atoms. The van der Waals surface area contributed by atoms with Crippen molar-refractivity contribution in [3.63, 3.8) is 0 Å². The third kappa shape index (κ3) is 5.47. The van der Waals surface area contributed by atoms with Crippen molar-refractivity contribution >= 4 is 17.4 Å². The average Bonchev–Trinajstić information content (AvgIpc) is 2.96. The quantitative estimate of drug-likeness (QED) is 0.173. The van der Waals surface area contributed by atoms with Crippen LogP contribution in [0.15, 0.2) is 94.7 Å². The van der Waals surface area contributed by atoms with Crippen molar-refractivity contribution in [2.75, 3.05) is 6.61 Å². The molecule has 1 aliphatic rings. The van der Waals surface area contributed by atoms with Crippen LogP contribution in [-0.4, -0.2) is 22.9 Å². The maximum Gasteiger partial charge on any atom is 0.418 e. The van der Waals surface area contributed by atoms with Crippen molar-refractivity contribution in [2.24, 2.45) is 10.9 Å². The van der Waals surface area contributed by atoms with Crippen LogP contribution in [0.3, 0.4) is 0 Å². The van der Waals surface area contributed by atoms with Gasteiger partial charge >= 0.3 is 18.3 Å². The first kappa shape index (κ1) is 29.8. The molecule has 5 rings (SSSR count). The fourth-order valence-electron chi connectivity index (χ4n) is 5.53. The van der Waals surface area contributed by atoms with Crippen molar-refractivity contribution < 1.29 is 35.9 Å². The van der Waals surface area contributed by atoms with Crippen LogP contribution in [0.1, 0.15) is 42.0 Å². The van der Waals surface area contributed by atoms with Crippen LogP contribution >= 0.6 is 0 Å². The summed E-state index contributed by atoms with van der Waals surface area (Å²) in [5, 5.41) is 0. The average molecular weight is 599 g/mol. The first-order valence-corrected chi connectivity index (χ1v) is 13.2. The number of halogens is 6. The van der Waals surface area contributed by atoms with Gasteiger partial charge in [0.25, 0.3) is 5.56 Å². The second-order valence-electron chi connectivity index (χ2n) is 9.90. The smallest absolute Gasteiger partial charge is 0.418 e. The van der Waals surface area contributed by atoms with E-state index in [4.69, 9.17) is 4.74 Å². The molecule has 0 bridgehead atoms. The molecule has 0 amide bonds. The molecule has 11 heteroatoms. The van der Waals surface area contributed by atoms with Gasteiger partial charge in [0, 0.05) is 11.6 Å². The number of esters is 1. The van der Waals surface area contributed by atoms with Gasteiger partial charge in [-0.05, 0) is 49.2 Å². The molecule has 0 radical (unpaired) electrons. The van der Waals surface area contributed by atoms with Crippen molar-refractivity contribution in [1.82, 2.24) is 4.57 Å². The van der Waals surface area contributed by atoms with Gasteiger partial charge in [-0.1, -0.05) is 60.7 Å². The standard InChI is InChI=1S/C32H24F6N2O3/c1-3-43-30(42)26-18(2)39-23-17-25(19-11-5-4-6-12-19)40(24-16-10-9-15-22(24)32(36,37)38)29(41)28(23)27(26)20-13-7-8-14-21(20)31(33,34)35/h4-17,26-27H,3H2,1-2H3. The van der Waals surface area contributed by atoms with Crippen LogP contribution in [0.2, 0.25) is 0 Å². The lowest BCUT2D eigenvalue weighted by Gasteiger charge is -2.33. The number of benzene rings is 3. The monoisotopic (exact) mass is 598 g/mol. The van der Waals surface area contributed by atoms with E-state index in [0.717, 1.165) is 28.8 Å². The Bertz CT molecular complexity index is 1770. The SMILES string of the molecule is CCOC(=O)C1C(C)=Nc2cc(-c3ccccc3)n(-c3ccccc3C(F)(F)F)c(=O)c2C1c1ccccc1C(F)(F)F. The normalized spacial score (nSPS) is 16.8. The zero-order chi connectivity index (χ0) is 31.1. The first-order valence-electron chi connectivity index (χ1n) is 13.2. The van der Waals surface area contributed by atoms with Crippen LogP contribution in [0.5, 0.6) is 0 Å². The predicted molar refractivity (Wildman–Crippen MR) is 149 cm³/mol. The second-order valence-corrected chi connectivity index (χ2v) is 9.90. The molecule has 0 saturated heterocycles. The largest absolute Gasteiger partial charge is 0.465 e. The second kappa shape index (κ2) is 11.2. The summed E-state index contributed by atoms with van der Waals surface area (Å²) in [6, 6.07) is 18.4. The van der Waals surface area contributed by atoms with Crippen LogP contribution in [0.4, 0.5) is 32.0 Å². The Kier molecular flexibility index (Phi) is 7.76. The van der Waals surface area contributed by atoms with E-state index in [1.165, 1.54) is 44.2 Å². The number of carbonyl (C=O) groups is 1. The third-order valence-corrected chi connectivity index (χ3v) is 7.28. The van der Waals surface area contributed by atoms with Crippen molar-refractivity contribution in [1.29, 1.82) is 0 Å². The Labute approximate surface area is 242 Å². The molecule has 5 nitrogen and oxygen atoms in total. The molecular weight excluding hydrogens is 574 g/mol. The molecule has 2 unspecified atom stereocenters. The Morgan fingerprint density at radius 2 is 1.44 bits per heavy atom. The van der Waals surface area contributed by atoms with Gasteiger partial charge in [0.15, 0.2) is 0 Å². The summed E-state index contributed by atoms with van der Waals surface area (Å²) >= 11 is 0. The van der Waals surface area contributed by atoms with Gasteiger partial charge in [-0.2, -0.15) is 26.3 Å². The molecule has 222 valence electrons. The molecule has 0 N–H and O–H groups in total. The fraction of sp³-hybridized carbons (Fsp3) is 0.219. The lowest BCUT2D eigenvalue weighted by atomic mass is 9.74. The van der Waals surface area contributed by atoms with E-state index in [9.17, 15) is 35.9 Å². The van der Waals surface area contributed by atoms with E-state index in [0.29, 0.717) is 5.56 Å². The minimum atomic E-state index is -4.87. The van der Waals surface area contributed by atoms with E-state index in [-0.39, 0.29) is 29.3 Å². The molecule has 1 aromatic heterocycles. The summed E-state index contributed by atoms with van der Waals surface area (Å²) in [4.78, 5) is 32.3. The number of carbonyl (C=O) groups excluding carboxylic acids is 1. The van der Waals surface area contributed by atoms with Gasteiger partial charge in [-0.15, -0.1) is 0 Å². The summed E-state index contributed by atoms with van der Waals surface area (Å²) in [6.45, 7) is 2.87. The first-order chi connectivity index (χ1) is 20.3. The lowest BCUT2D eigenvalue weighted by molar-refractivity contribution is -0.147. The number of hydrogen-bond donors (Lipinski definition) is 0. The summed E-state index contributed by atoms with van der Waals surface area (Å²) in [5.74, 6) is -3.92. The van der Waals surface area contributed by atoms with E-state index in [2.05, 4.69) is 4.99 Å². The lowest BCUT2D eigenvalue weighted by Crippen LogP contribution is -2.39.